The van der Waals surface area contributed by atoms with Crippen LogP contribution in [0.3, 0.4) is 0 Å². The van der Waals surface area contributed by atoms with E-state index < -0.39 is 10.1 Å². The molecule has 0 atom stereocenters. The highest BCUT2D eigenvalue weighted by Crippen LogP contribution is 2.01. The van der Waals surface area contributed by atoms with Crippen molar-refractivity contribution in [2.45, 2.75) is 26.2 Å². The van der Waals surface area contributed by atoms with Crippen LogP contribution in [0.15, 0.2) is 0 Å². The van der Waals surface area contributed by atoms with Gasteiger partial charge in [0.05, 0.1) is 12.7 Å². The van der Waals surface area contributed by atoms with E-state index in [0.717, 1.165) is 38.4 Å². The first-order valence-electron chi connectivity index (χ1n) is 5.15. The summed E-state index contributed by atoms with van der Waals surface area (Å²) in [6, 6.07) is 0. The lowest BCUT2D eigenvalue weighted by Crippen LogP contribution is -2.15. The van der Waals surface area contributed by atoms with Crippen LogP contribution >= 0.6 is 0 Å². The van der Waals surface area contributed by atoms with Crippen LogP contribution in [-0.4, -0.2) is 48.9 Å². The summed E-state index contributed by atoms with van der Waals surface area (Å²) >= 11 is 0. The van der Waals surface area contributed by atoms with Gasteiger partial charge in [0, 0.05) is 6.42 Å². The highest BCUT2D eigenvalue weighted by Gasteiger charge is 2.18. The van der Waals surface area contributed by atoms with Crippen molar-refractivity contribution in [3.05, 3.63) is 0 Å². The van der Waals surface area contributed by atoms with Crippen molar-refractivity contribution in [2.75, 3.05) is 25.4 Å². The monoisotopic (exact) mass is 236 g/mol. The fraction of sp³-hybridized carbons (Fsp3) is 0.889. The second-order valence-corrected chi connectivity index (χ2v) is 5.27. The molecule has 0 aromatic rings. The third kappa shape index (κ3) is 5.13. The van der Waals surface area contributed by atoms with E-state index in [0.29, 0.717) is 6.42 Å². The molecule has 0 aromatic heterocycles. The Morgan fingerprint density at radius 2 is 2.13 bits per heavy atom. The highest BCUT2D eigenvalue weighted by molar-refractivity contribution is 7.85. The number of unbranched alkanes of at least 4 members (excludes halogenated alkanes) is 2. The van der Waals surface area contributed by atoms with E-state index in [-0.39, 0.29) is 5.75 Å². The quantitative estimate of drug-likeness (QED) is 0.414. The largest absolute Gasteiger partial charge is 0.442 e. The minimum absolute atomic E-state index is 0.133. The minimum Gasteiger partial charge on any atom is -0.442 e. The predicted molar refractivity (Wildman–Crippen MR) is 56.9 cm³/mol. The van der Waals surface area contributed by atoms with Crippen molar-refractivity contribution in [1.29, 1.82) is 0 Å². The molecular weight excluding hydrogens is 218 g/mol. The Balaban J connectivity index is 2.10. The Hall–Kier alpha value is -0.620. The molecule has 6 heteroatoms. The molecule has 1 rings (SSSR count). The molecule has 1 heterocycles. The van der Waals surface area contributed by atoms with Crippen molar-refractivity contribution < 1.29 is 22.3 Å². The second kappa shape index (κ2) is 5.46. The first-order valence-corrected chi connectivity index (χ1v) is 6.76. The van der Waals surface area contributed by atoms with E-state index in [9.17, 15) is 8.42 Å². The number of nitrogens with zero attached hydrogens (tertiary/aromatic N) is 1. The van der Waals surface area contributed by atoms with Gasteiger partial charge in [-0.05, 0) is 12.8 Å². The van der Waals surface area contributed by atoms with E-state index in [2.05, 4.69) is 4.58 Å². The Bertz CT molecular complexity index is 334. The summed E-state index contributed by atoms with van der Waals surface area (Å²) in [6.07, 6.45) is 2.26. The van der Waals surface area contributed by atoms with E-state index in [1.165, 1.54) is 0 Å². The average molecular weight is 236 g/mol. The van der Waals surface area contributed by atoms with Gasteiger partial charge in [0.2, 0.25) is 0 Å². The molecule has 15 heavy (non-hydrogen) atoms. The Morgan fingerprint density at radius 1 is 1.40 bits per heavy atom. The van der Waals surface area contributed by atoms with Crippen LogP contribution in [0.1, 0.15) is 26.2 Å². The maximum absolute atomic E-state index is 10.4. The molecule has 0 radical (unpaired) electrons. The Kier molecular flexibility index (Phi) is 4.53. The molecule has 88 valence electrons. The molecule has 0 aromatic carbocycles. The Labute approximate surface area is 90.5 Å². The van der Waals surface area contributed by atoms with Gasteiger partial charge in [-0.1, -0.05) is 0 Å². The van der Waals surface area contributed by atoms with Crippen LogP contribution < -0.4 is 0 Å². The molecule has 1 aliphatic heterocycles. The third-order valence-electron chi connectivity index (χ3n) is 2.45. The molecule has 0 amide bonds. The molecule has 0 unspecified atom stereocenters. The summed E-state index contributed by atoms with van der Waals surface area (Å²) in [7, 11) is -3.78. The molecule has 0 saturated carbocycles. The lowest BCUT2D eigenvalue weighted by molar-refractivity contribution is -0.519. The molecule has 1 aliphatic rings. The summed E-state index contributed by atoms with van der Waals surface area (Å²) in [5.41, 5.74) is 0. The third-order valence-corrected chi connectivity index (χ3v) is 3.25. The van der Waals surface area contributed by atoms with Crippen molar-refractivity contribution in [3.63, 3.8) is 0 Å². The molecule has 0 spiro atoms. The van der Waals surface area contributed by atoms with Gasteiger partial charge < -0.3 is 4.74 Å². The van der Waals surface area contributed by atoms with Gasteiger partial charge in [0.15, 0.2) is 13.2 Å². The van der Waals surface area contributed by atoms with Gasteiger partial charge in [-0.3, -0.25) is 4.55 Å². The van der Waals surface area contributed by atoms with Gasteiger partial charge in [-0.15, -0.1) is 0 Å². The minimum atomic E-state index is -3.78. The smallest absolute Gasteiger partial charge is 0.333 e. The Morgan fingerprint density at radius 3 is 2.67 bits per heavy atom. The van der Waals surface area contributed by atoms with Crippen LogP contribution in [-0.2, 0) is 14.9 Å². The van der Waals surface area contributed by atoms with Gasteiger partial charge in [0.1, 0.15) is 6.54 Å². The van der Waals surface area contributed by atoms with Gasteiger partial charge in [-0.2, -0.15) is 13.0 Å². The van der Waals surface area contributed by atoms with E-state index in [4.69, 9.17) is 9.29 Å². The van der Waals surface area contributed by atoms with Gasteiger partial charge in [0.25, 0.3) is 10.1 Å². The molecule has 5 nitrogen and oxygen atoms in total. The molecule has 0 saturated heterocycles. The molecule has 0 aliphatic carbocycles. The summed E-state index contributed by atoms with van der Waals surface area (Å²) in [6.45, 7) is 4.50. The van der Waals surface area contributed by atoms with E-state index in [1.807, 2.05) is 6.92 Å². The summed E-state index contributed by atoms with van der Waals surface area (Å²) in [5, 5.41) is 0. The van der Waals surface area contributed by atoms with Gasteiger partial charge in [-0.25, -0.2) is 0 Å². The van der Waals surface area contributed by atoms with E-state index >= 15 is 0 Å². The zero-order chi connectivity index (χ0) is 11.3. The number of hydrogen-bond donors (Lipinski definition) is 1. The molecule has 1 N–H and O–H groups in total. The van der Waals surface area contributed by atoms with Crippen LogP contribution in [0.25, 0.3) is 0 Å². The maximum Gasteiger partial charge on any atom is 0.333 e. The molecule has 0 fully saturated rings. The fourth-order valence-electron chi connectivity index (χ4n) is 1.59. The van der Waals surface area contributed by atoms with Crippen molar-refractivity contribution in [1.82, 2.24) is 0 Å². The summed E-state index contributed by atoms with van der Waals surface area (Å²) in [5.74, 6) is 0.816. The van der Waals surface area contributed by atoms with Gasteiger partial charge >= 0.3 is 5.90 Å². The maximum atomic E-state index is 10.4. The average Bonchev–Trinajstić information content (AvgIpc) is 2.49. The van der Waals surface area contributed by atoms with Crippen molar-refractivity contribution >= 4 is 16.0 Å². The molecule has 0 bridgehead atoms. The van der Waals surface area contributed by atoms with Crippen LogP contribution in [0.2, 0.25) is 0 Å². The lowest BCUT2D eigenvalue weighted by atomic mass is 10.2. The van der Waals surface area contributed by atoms with Crippen molar-refractivity contribution in [2.24, 2.45) is 0 Å². The predicted octanol–water partition coefficient (Wildman–Crippen LogP) is 0.506. The summed E-state index contributed by atoms with van der Waals surface area (Å²) in [4.78, 5) is 0. The summed E-state index contributed by atoms with van der Waals surface area (Å²) < 4.78 is 36.8. The van der Waals surface area contributed by atoms with Crippen LogP contribution in [0, 0.1) is 0 Å². The zero-order valence-corrected chi connectivity index (χ0v) is 9.79. The zero-order valence-electron chi connectivity index (χ0n) is 8.98. The second-order valence-electron chi connectivity index (χ2n) is 3.70. The number of rotatable bonds is 6. The lowest BCUT2D eigenvalue weighted by Gasteiger charge is -1.98. The van der Waals surface area contributed by atoms with E-state index in [1.54, 1.807) is 0 Å². The van der Waals surface area contributed by atoms with Crippen molar-refractivity contribution in [3.8, 4) is 0 Å². The first-order chi connectivity index (χ1) is 6.99. The fourth-order valence-corrected chi connectivity index (χ4v) is 2.15. The highest BCUT2D eigenvalue weighted by atomic mass is 32.2. The molecular formula is C9H18NO4S+. The topological polar surface area (TPSA) is 66.6 Å². The standard InChI is InChI=1S/C9H17NO4S/c1-9-10(6-7-14-9)5-3-2-4-8-15(11,12)13/h2-8H2,1H3/p+1. The van der Waals surface area contributed by atoms with Crippen LogP contribution in [0.4, 0.5) is 0 Å². The number of ether oxygens (including phenoxy) is 1. The SMILES string of the molecule is CC1=[N+](CCCCCS(=O)(=O)O)CCO1. The first kappa shape index (κ1) is 12.4. The number of hydrogen-bond acceptors (Lipinski definition) is 3. The van der Waals surface area contributed by atoms with Crippen LogP contribution in [0.5, 0.6) is 0 Å². The normalized spacial score (nSPS) is 16.9.